The Kier molecular flexibility index (Phi) is 2.48. The third-order valence-corrected chi connectivity index (χ3v) is 2.68. The first-order chi connectivity index (χ1) is 6.27. The predicted molar refractivity (Wildman–Crippen MR) is 56.5 cm³/mol. The number of hydrogen-bond acceptors (Lipinski definition) is 2. The lowest BCUT2D eigenvalue weighted by molar-refractivity contribution is 0.348. The van der Waals surface area contributed by atoms with Gasteiger partial charge in [-0.15, -0.1) is 0 Å². The van der Waals surface area contributed by atoms with E-state index >= 15 is 0 Å². The smallest absolute Gasteiger partial charge is 0.217 e. The summed E-state index contributed by atoms with van der Waals surface area (Å²) in [5, 5.41) is 0. The van der Waals surface area contributed by atoms with Crippen molar-refractivity contribution in [3.05, 3.63) is 33.1 Å². The van der Waals surface area contributed by atoms with E-state index in [-0.39, 0.29) is 5.82 Å². The van der Waals surface area contributed by atoms with E-state index in [0.29, 0.717) is 19.0 Å². The Bertz CT molecular complexity index is 365. The van der Waals surface area contributed by atoms with Gasteiger partial charge in [-0.3, -0.25) is 0 Å². The predicted octanol–water partition coefficient (Wildman–Crippen LogP) is 2.21. The molecule has 0 radical (unpaired) electrons. The molecule has 0 aliphatic carbocycles. The number of rotatable bonds is 1. The van der Waals surface area contributed by atoms with Gasteiger partial charge in [0.25, 0.3) is 0 Å². The second-order valence-electron chi connectivity index (χ2n) is 2.66. The molecule has 0 bridgehead atoms. The largest absolute Gasteiger partial charge is 0.475 e. The van der Waals surface area contributed by atoms with Gasteiger partial charge in [0.2, 0.25) is 5.90 Å². The molecule has 0 saturated heterocycles. The van der Waals surface area contributed by atoms with Crippen molar-refractivity contribution in [3.63, 3.8) is 0 Å². The molecule has 0 N–H and O–H groups in total. The normalized spacial score (nSPS) is 15.4. The maximum absolute atomic E-state index is 12.9. The van der Waals surface area contributed by atoms with E-state index in [9.17, 15) is 4.39 Å². The Labute approximate surface area is 89.0 Å². The van der Waals surface area contributed by atoms with Crippen LogP contribution < -0.4 is 0 Å². The third kappa shape index (κ3) is 1.82. The van der Waals surface area contributed by atoms with Gasteiger partial charge in [-0.1, -0.05) is 0 Å². The van der Waals surface area contributed by atoms with Gasteiger partial charge < -0.3 is 4.74 Å². The zero-order valence-corrected chi connectivity index (χ0v) is 8.92. The summed E-state index contributed by atoms with van der Waals surface area (Å²) in [5.41, 5.74) is 0.748. The van der Waals surface area contributed by atoms with Crippen LogP contribution in [0.1, 0.15) is 5.56 Å². The van der Waals surface area contributed by atoms with Crippen LogP contribution >= 0.6 is 22.6 Å². The summed E-state index contributed by atoms with van der Waals surface area (Å²) >= 11 is 2.14. The number of aliphatic imine (C=N–C) groups is 1. The molecule has 0 saturated carbocycles. The zero-order valence-electron chi connectivity index (χ0n) is 6.76. The highest BCUT2D eigenvalue weighted by Gasteiger charge is 2.13. The molecular formula is C9H7FINO. The standard InChI is InChI=1S/C9H7FINO/c10-6-1-2-8(11)7(5-6)9-12-3-4-13-9/h1-2,5H,3-4H2. The van der Waals surface area contributed by atoms with Crippen molar-refractivity contribution in [1.82, 2.24) is 0 Å². The van der Waals surface area contributed by atoms with Crippen LogP contribution in [0.2, 0.25) is 0 Å². The van der Waals surface area contributed by atoms with Crippen LogP contribution in [0.25, 0.3) is 0 Å². The molecule has 0 spiro atoms. The second kappa shape index (κ2) is 3.61. The first-order valence-electron chi connectivity index (χ1n) is 3.90. The monoisotopic (exact) mass is 291 g/mol. The molecule has 1 aromatic rings. The van der Waals surface area contributed by atoms with E-state index in [4.69, 9.17) is 4.74 Å². The molecule has 1 heterocycles. The Hall–Kier alpha value is -0.650. The van der Waals surface area contributed by atoms with E-state index in [1.54, 1.807) is 6.07 Å². The highest BCUT2D eigenvalue weighted by Crippen LogP contribution is 2.17. The molecule has 0 fully saturated rings. The quantitative estimate of drug-likeness (QED) is 0.727. The number of halogens is 2. The molecule has 1 aliphatic rings. The Morgan fingerprint density at radius 1 is 1.46 bits per heavy atom. The van der Waals surface area contributed by atoms with Gasteiger partial charge in [0, 0.05) is 3.57 Å². The van der Waals surface area contributed by atoms with E-state index in [1.807, 2.05) is 0 Å². The van der Waals surface area contributed by atoms with Crippen LogP contribution in [0, 0.1) is 9.39 Å². The van der Waals surface area contributed by atoms with Crippen molar-refractivity contribution < 1.29 is 9.13 Å². The minimum atomic E-state index is -0.256. The van der Waals surface area contributed by atoms with E-state index < -0.39 is 0 Å². The molecule has 0 aromatic heterocycles. The molecule has 2 nitrogen and oxygen atoms in total. The van der Waals surface area contributed by atoms with Gasteiger partial charge in [0.15, 0.2) is 0 Å². The van der Waals surface area contributed by atoms with Crippen molar-refractivity contribution in [2.24, 2.45) is 4.99 Å². The summed E-state index contributed by atoms with van der Waals surface area (Å²) < 4.78 is 19.1. The van der Waals surface area contributed by atoms with Gasteiger partial charge in [-0.25, -0.2) is 9.38 Å². The Balaban J connectivity index is 2.43. The summed E-state index contributed by atoms with van der Waals surface area (Å²) in [7, 11) is 0. The first-order valence-corrected chi connectivity index (χ1v) is 4.98. The average molecular weight is 291 g/mol. The molecule has 1 aliphatic heterocycles. The number of ether oxygens (including phenoxy) is 1. The lowest BCUT2D eigenvalue weighted by Crippen LogP contribution is -2.03. The average Bonchev–Trinajstić information content (AvgIpc) is 2.61. The van der Waals surface area contributed by atoms with Gasteiger partial charge in [-0.05, 0) is 40.8 Å². The van der Waals surface area contributed by atoms with E-state index in [0.717, 1.165) is 9.13 Å². The summed E-state index contributed by atoms with van der Waals surface area (Å²) in [6.07, 6.45) is 0. The van der Waals surface area contributed by atoms with Crippen molar-refractivity contribution in [3.8, 4) is 0 Å². The fourth-order valence-electron chi connectivity index (χ4n) is 1.16. The first kappa shape index (κ1) is 8.93. The van der Waals surface area contributed by atoms with Crippen molar-refractivity contribution in [2.45, 2.75) is 0 Å². The summed E-state index contributed by atoms with van der Waals surface area (Å²) in [5.74, 6) is 0.303. The van der Waals surface area contributed by atoms with Crippen molar-refractivity contribution >= 4 is 28.5 Å². The summed E-state index contributed by atoms with van der Waals surface area (Å²) in [4.78, 5) is 4.13. The zero-order chi connectivity index (χ0) is 9.26. The molecular weight excluding hydrogens is 284 g/mol. The van der Waals surface area contributed by atoms with Crippen molar-refractivity contribution in [1.29, 1.82) is 0 Å². The SMILES string of the molecule is Fc1ccc(I)c(C2=NCCO2)c1. The fourth-order valence-corrected chi connectivity index (χ4v) is 1.73. The molecule has 0 unspecified atom stereocenters. The topological polar surface area (TPSA) is 21.6 Å². The lowest BCUT2D eigenvalue weighted by Gasteiger charge is -2.03. The van der Waals surface area contributed by atoms with Crippen LogP contribution in [0.3, 0.4) is 0 Å². The van der Waals surface area contributed by atoms with E-state index in [2.05, 4.69) is 27.6 Å². The fraction of sp³-hybridized carbons (Fsp3) is 0.222. The number of benzene rings is 1. The van der Waals surface area contributed by atoms with Gasteiger partial charge in [0.05, 0.1) is 12.1 Å². The summed E-state index contributed by atoms with van der Waals surface area (Å²) in [6, 6.07) is 4.60. The van der Waals surface area contributed by atoms with Crippen LogP contribution in [0.5, 0.6) is 0 Å². The highest BCUT2D eigenvalue weighted by atomic mass is 127. The molecule has 0 atom stereocenters. The second-order valence-corrected chi connectivity index (χ2v) is 3.82. The molecule has 13 heavy (non-hydrogen) atoms. The molecule has 2 rings (SSSR count). The Morgan fingerprint density at radius 3 is 3.00 bits per heavy atom. The van der Waals surface area contributed by atoms with Gasteiger partial charge in [-0.2, -0.15) is 0 Å². The minimum absolute atomic E-state index is 0.256. The molecule has 4 heteroatoms. The lowest BCUT2D eigenvalue weighted by atomic mass is 10.2. The molecule has 1 aromatic carbocycles. The van der Waals surface area contributed by atoms with Crippen molar-refractivity contribution in [2.75, 3.05) is 13.2 Å². The summed E-state index contributed by atoms with van der Waals surface area (Å²) in [6.45, 7) is 1.27. The van der Waals surface area contributed by atoms with Crippen LogP contribution in [0.4, 0.5) is 4.39 Å². The van der Waals surface area contributed by atoms with Crippen LogP contribution in [-0.4, -0.2) is 19.0 Å². The van der Waals surface area contributed by atoms with E-state index in [1.165, 1.54) is 12.1 Å². The van der Waals surface area contributed by atoms with Gasteiger partial charge >= 0.3 is 0 Å². The minimum Gasteiger partial charge on any atom is -0.475 e. The molecule has 68 valence electrons. The highest BCUT2D eigenvalue weighted by molar-refractivity contribution is 14.1. The number of nitrogens with zero attached hydrogens (tertiary/aromatic N) is 1. The van der Waals surface area contributed by atoms with Crippen LogP contribution in [0.15, 0.2) is 23.2 Å². The maximum Gasteiger partial charge on any atom is 0.217 e. The Morgan fingerprint density at radius 2 is 2.31 bits per heavy atom. The van der Waals surface area contributed by atoms with Crippen LogP contribution in [-0.2, 0) is 4.74 Å². The third-order valence-electron chi connectivity index (χ3n) is 1.74. The maximum atomic E-state index is 12.9. The number of hydrogen-bond donors (Lipinski definition) is 0. The van der Waals surface area contributed by atoms with Gasteiger partial charge in [0.1, 0.15) is 12.4 Å². The molecule has 0 amide bonds.